The van der Waals surface area contributed by atoms with E-state index < -0.39 is 23.7 Å². The number of benzene rings is 1. The van der Waals surface area contributed by atoms with Gasteiger partial charge in [0.05, 0.1) is 6.61 Å². The molecule has 1 N–H and O–H groups in total. The molecule has 1 saturated heterocycles. The molecule has 9 nitrogen and oxygen atoms in total. The molecule has 2 aromatic rings. The van der Waals surface area contributed by atoms with Gasteiger partial charge in [-0.3, -0.25) is 14.4 Å². The maximum Gasteiger partial charge on any atom is 0.411 e. The van der Waals surface area contributed by atoms with Crippen LogP contribution in [0.4, 0.5) is 4.79 Å². The minimum atomic E-state index is -0.696. The van der Waals surface area contributed by atoms with Gasteiger partial charge in [0.15, 0.2) is 11.4 Å². The highest BCUT2D eigenvalue weighted by Crippen LogP contribution is 2.50. The van der Waals surface area contributed by atoms with Crippen molar-refractivity contribution in [2.45, 2.75) is 45.4 Å². The van der Waals surface area contributed by atoms with E-state index in [1.165, 1.54) is 23.0 Å². The van der Waals surface area contributed by atoms with Gasteiger partial charge in [-0.2, -0.15) is 0 Å². The van der Waals surface area contributed by atoms with E-state index >= 15 is 0 Å². The predicted molar refractivity (Wildman–Crippen MR) is 130 cm³/mol. The molecule has 4 rings (SSSR count). The fourth-order valence-corrected chi connectivity index (χ4v) is 4.66. The quantitative estimate of drug-likeness (QED) is 0.431. The Morgan fingerprint density at radius 2 is 1.97 bits per heavy atom. The first-order chi connectivity index (χ1) is 17.0. The van der Waals surface area contributed by atoms with Gasteiger partial charge in [-0.15, -0.1) is 0 Å². The van der Waals surface area contributed by atoms with E-state index in [4.69, 9.17) is 14.2 Å². The third kappa shape index (κ3) is 5.34. The first-order valence-electron chi connectivity index (χ1n) is 11.9. The number of carbonyl (C=O) groups is 2. The molecule has 1 aliphatic heterocycles. The number of hydrogen-bond donors (Lipinski definition) is 1. The summed E-state index contributed by atoms with van der Waals surface area (Å²) in [4.78, 5) is 40.1. The molecule has 186 valence electrons. The Morgan fingerprint density at radius 1 is 1.20 bits per heavy atom. The fraction of sp³-hybridized carbons (Fsp3) is 0.423. The zero-order chi connectivity index (χ0) is 24.8. The van der Waals surface area contributed by atoms with Crippen LogP contribution in [-0.2, 0) is 16.1 Å². The van der Waals surface area contributed by atoms with Gasteiger partial charge in [-0.1, -0.05) is 49.4 Å². The maximum atomic E-state index is 13.0. The minimum absolute atomic E-state index is 0.0284. The van der Waals surface area contributed by atoms with Crippen molar-refractivity contribution in [1.82, 2.24) is 9.58 Å². The summed E-state index contributed by atoms with van der Waals surface area (Å²) in [7, 11) is 0. The van der Waals surface area contributed by atoms with Crippen LogP contribution in [-0.4, -0.2) is 47.6 Å². The Hall–Kier alpha value is -3.75. The van der Waals surface area contributed by atoms with E-state index in [1.807, 2.05) is 30.3 Å². The predicted octanol–water partition coefficient (Wildman–Crippen LogP) is 3.67. The molecular formula is C26H31N3O6. The van der Waals surface area contributed by atoms with Crippen LogP contribution in [0.15, 0.2) is 60.0 Å². The molecule has 1 spiro atoms. The third-order valence-corrected chi connectivity index (χ3v) is 6.52. The number of hydrogen-bond acceptors (Lipinski definition) is 7. The molecule has 2 aliphatic rings. The highest BCUT2D eigenvalue weighted by Gasteiger charge is 2.50. The van der Waals surface area contributed by atoms with Gasteiger partial charge in [0.25, 0.3) is 0 Å². The molecule has 1 aromatic carbocycles. The Labute approximate surface area is 204 Å². The van der Waals surface area contributed by atoms with Crippen molar-refractivity contribution in [1.29, 1.82) is 0 Å². The summed E-state index contributed by atoms with van der Waals surface area (Å²) in [5.41, 5.74) is 3.63. The lowest BCUT2D eigenvalue weighted by molar-refractivity contribution is 0.0507. The molecule has 1 saturated carbocycles. The molecule has 1 amide bonds. The van der Waals surface area contributed by atoms with Gasteiger partial charge in [-0.25, -0.2) is 9.59 Å². The molecule has 1 aromatic heterocycles. The number of esters is 1. The number of amides is 1. The zero-order valence-electron chi connectivity index (χ0n) is 19.9. The summed E-state index contributed by atoms with van der Waals surface area (Å²) >= 11 is 0. The average Bonchev–Trinajstić information content (AvgIpc) is 3.24. The lowest BCUT2D eigenvalue weighted by atomic mass is 9.68. The minimum Gasteiger partial charge on any atom is -0.482 e. The zero-order valence-corrected chi connectivity index (χ0v) is 19.9. The summed E-state index contributed by atoms with van der Waals surface area (Å²) in [5, 5.41) is 0. The van der Waals surface area contributed by atoms with Crippen LogP contribution in [0.3, 0.4) is 0 Å². The number of carbonyl (C=O) groups excluding carboxylic acids is 2. The van der Waals surface area contributed by atoms with E-state index in [0.29, 0.717) is 13.0 Å². The van der Waals surface area contributed by atoms with Crippen LogP contribution in [0.2, 0.25) is 0 Å². The van der Waals surface area contributed by atoms with Crippen LogP contribution in [0.1, 0.15) is 48.7 Å². The number of likely N-dealkylation sites (tertiary alicyclic amines) is 1. The molecule has 1 aliphatic carbocycles. The lowest BCUT2D eigenvalue weighted by Gasteiger charge is -2.37. The molecule has 2 heterocycles. The van der Waals surface area contributed by atoms with Crippen molar-refractivity contribution in [3.8, 4) is 5.75 Å². The Kier molecular flexibility index (Phi) is 7.43. The van der Waals surface area contributed by atoms with Crippen molar-refractivity contribution in [2.75, 3.05) is 25.2 Å². The smallest absolute Gasteiger partial charge is 0.411 e. The van der Waals surface area contributed by atoms with E-state index in [2.05, 4.69) is 12.0 Å². The highest BCUT2D eigenvalue weighted by molar-refractivity contribution is 5.90. The van der Waals surface area contributed by atoms with Crippen molar-refractivity contribution in [2.24, 2.45) is 5.41 Å². The van der Waals surface area contributed by atoms with Gasteiger partial charge in [0, 0.05) is 18.8 Å². The second-order valence-corrected chi connectivity index (χ2v) is 8.92. The Balaban J connectivity index is 1.64. The Morgan fingerprint density at radius 3 is 2.63 bits per heavy atom. The van der Waals surface area contributed by atoms with Crippen LogP contribution in [0, 0.1) is 5.41 Å². The average molecular weight is 482 g/mol. The van der Waals surface area contributed by atoms with E-state index in [1.54, 1.807) is 11.8 Å². The van der Waals surface area contributed by atoms with Crippen molar-refractivity contribution < 1.29 is 23.8 Å². The first-order valence-corrected chi connectivity index (χ1v) is 11.9. The normalized spacial score (nSPS) is 18.0. The molecule has 1 atom stereocenters. The van der Waals surface area contributed by atoms with Crippen molar-refractivity contribution in [3.05, 3.63) is 76.7 Å². The van der Waals surface area contributed by atoms with Crippen LogP contribution < -0.4 is 15.6 Å². The standard InChI is InChI=1S/C26H31N3O6/c1-3-15-34-25(32)28-18-26(12-8-13-26)16-21(28)27-29-14-11-20(30)23(22(29)24(31)33-4-2)35-17-19-9-6-5-7-10-19/h3,5-7,9-11,14,21,27H,1,4,8,12-13,15-18H2,2H3. The van der Waals surface area contributed by atoms with Gasteiger partial charge >= 0.3 is 12.1 Å². The number of aromatic nitrogens is 1. The van der Waals surface area contributed by atoms with Gasteiger partial charge in [-0.05, 0) is 37.2 Å². The molecule has 0 bridgehead atoms. The first kappa shape index (κ1) is 24.4. The van der Waals surface area contributed by atoms with Crippen molar-refractivity contribution >= 4 is 12.1 Å². The highest BCUT2D eigenvalue weighted by atomic mass is 16.6. The number of nitrogens with one attached hydrogen (secondary N) is 1. The van der Waals surface area contributed by atoms with E-state index in [9.17, 15) is 14.4 Å². The van der Waals surface area contributed by atoms with Crippen LogP contribution in [0.25, 0.3) is 0 Å². The number of ether oxygens (including phenoxy) is 3. The molecule has 2 fully saturated rings. The van der Waals surface area contributed by atoms with E-state index in [-0.39, 0.29) is 36.7 Å². The SMILES string of the molecule is C=CCOC(=O)N1CC2(CCC2)CC1Nn1ccc(=O)c(OCc2ccccc2)c1C(=O)OCC. The monoisotopic (exact) mass is 481 g/mol. The summed E-state index contributed by atoms with van der Waals surface area (Å²) < 4.78 is 17.8. The second-order valence-electron chi connectivity index (χ2n) is 8.92. The molecule has 0 radical (unpaired) electrons. The van der Waals surface area contributed by atoms with E-state index in [0.717, 1.165) is 24.8 Å². The molecule has 1 unspecified atom stereocenters. The second kappa shape index (κ2) is 10.7. The third-order valence-electron chi connectivity index (χ3n) is 6.52. The van der Waals surface area contributed by atoms with Gasteiger partial charge in [0.2, 0.25) is 5.43 Å². The van der Waals surface area contributed by atoms with Gasteiger partial charge in [0.1, 0.15) is 19.4 Å². The Bertz CT molecular complexity index is 1130. The number of pyridine rings is 1. The summed E-state index contributed by atoms with van der Waals surface area (Å²) in [6.45, 7) is 6.20. The largest absolute Gasteiger partial charge is 0.482 e. The number of nitrogens with zero attached hydrogens (tertiary/aromatic N) is 2. The fourth-order valence-electron chi connectivity index (χ4n) is 4.66. The summed E-state index contributed by atoms with van der Waals surface area (Å²) in [6.07, 6.45) is 5.95. The van der Waals surface area contributed by atoms with Crippen LogP contribution >= 0.6 is 0 Å². The van der Waals surface area contributed by atoms with Gasteiger partial charge < -0.3 is 19.6 Å². The topological polar surface area (TPSA) is 99.1 Å². The molecule has 35 heavy (non-hydrogen) atoms. The molecule has 9 heteroatoms. The van der Waals surface area contributed by atoms with Crippen molar-refractivity contribution in [3.63, 3.8) is 0 Å². The summed E-state index contributed by atoms with van der Waals surface area (Å²) in [6, 6.07) is 10.7. The number of rotatable bonds is 9. The molecular weight excluding hydrogens is 450 g/mol. The van der Waals surface area contributed by atoms with Crippen LogP contribution in [0.5, 0.6) is 5.75 Å². The lowest BCUT2D eigenvalue weighted by Crippen LogP contribution is -2.45. The maximum absolute atomic E-state index is 13.0. The summed E-state index contributed by atoms with van der Waals surface area (Å²) in [5.74, 6) is -0.808.